The second kappa shape index (κ2) is 12.0. The van der Waals surface area contributed by atoms with Crippen LogP contribution in [0, 0.1) is 13.8 Å². The third-order valence-corrected chi connectivity index (χ3v) is 7.20. The van der Waals surface area contributed by atoms with E-state index < -0.39 is 6.04 Å². The van der Waals surface area contributed by atoms with Crippen LogP contribution in [0.3, 0.4) is 0 Å². The molecule has 0 spiro atoms. The van der Waals surface area contributed by atoms with E-state index in [0.29, 0.717) is 29.3 Å². The van der Waals surface area contributed by atoms with Gasteiger partial charge in [0, 0.05) is 18.8 Å². The molecule has 4 rings (SSSR count). The van der Waals surface area contributed by atoms with Crippen molar-refractivity contribution in [1.29, 1.82) is 0 Å². The van der Waals surface area contributed by atoms with Crippen LogP contribution in [0.4, 0.5) is 5.69 Å². The number of nitrogens with one attached hydrogen (secondary N) is 2. The van der Waals surface area contributed by atoms with E-state index in [1.54, 1.807) is 12.1 Å². The molecule has 3 aromatic rings. The third kappa shape index (κ3) is 6.19. The lowest BCUT2D eigenvalue weighted by molar-refractivity contribution is -0.126. The van der Waals surface area contributed by atoms with Gasteiger partial charge >= 0.3 is 0 Å². The lowest BCUT2D eigenvalue weighted by atomic mass is 10.0. The molecule has 7 nitrogen and oxygen atoms in total. The lowest BCUT2D eigenvalue weighted by Gasteiger charge is -2.32. The number of carbonyl (C=O) groups is 3. The quantitative estimate of drug-likeness (QED) is 0.457. The highest BCUT2D eigenvalue weighted by Crippen LogP contribution is 2.30. The fourth-order valence-corrected chi connectivity index (χ4v) is 4.86. The normalized spacial score (nSPS) is 15.8. The van der Waals surface area contributed by atoms with Crippen molar-refractivity contribution in [2.75, 3.05) is 24.6 Å². The first-order chi connectivity index (χ1) is 17.4. The Balaban J connectivity index is 1.65. The second-order valence-electron chi connectivity index (χ2n) is 8.89. The van der Waals surface area contributed by atoms with Crippen molar-refractivity contribution in [2.24, 2.45) is 0 Å². The molecule has 0 aliphatic carbocycles. The molecule has 3 amide bonds. The number of hydrogen-bond donors (Lipinski definition) is 2. The highest BCUT2D eigenvalue weighted by Gasteiger charge is 2.33. The molecule has 2 N–H and O–H groups in total. The van der Waals surface area contributed by atoms with Gasteiger partial charge in [0.15, 0.2) is 0 Å². The summed E-state index contributed by atoms with van der Waals surface area (Å²) in [5, 5.41) is 7.52. The van der Waals surface area contributed by atoms with Gasteiger partial charge in [-0.15, -0.1) is 11.3 Å². The molecule has 0 bridgehead atoms. The van der Waals surface area contributed by atoms with E-state index in [2.05, 4.69) is 10.6 Å². The Kier molecular flexibility index (Phi) is 8.51. The highest BCUT2D eigenvalue weighted by atomic mass is 32.1. The van der Waals surface area contributed by atoms with Gasteiger partial charge in [0.25, 0.3) is 5.91 Å². The third-order valence-electron chi connectivity index (χ3n) is 6.33. The van der Waals surface area contributed by atoms with Gasteiger partial charge in [-0.25, -0.2) is 0 Å². The smallest absolute Gasteiger partial charge is 0.261 e. The van der Waals surface area contributed by atoms with Crippen LogP contribution in [0.2, 0.25) is 0 Å². The Morgan fingerprint density at radius 3 is 2.50 bits per heavy atom. The molecular weight excluding hydrogens is 474 g/mol. The summed E-state index contributed by atoms with van der Waals surface area (Å²) in [6, 6.07) is 17.5. The topological polar surface area (TPSA) is 87.7 Å². The first-order valence-corrected chi connectivity index (χ1v) is 13.0. The Morgan fingerprint density at radius 1 is 1.03 bits per heavy atom. The molecule has 8 heteroatoms. The zero-order chi connectivity index (χ0) is 25.5. The first-order valence-electron chi connectivity index (χ1n) is 12.1. The van der Waals surface area contributed by atoms with Crippen LogP contribution >= 0.6 is 11.3 Å². The van der Waals surface area contributed by atoms with Crippen molar-refractivity contribution in [1.82, 2.24) is 10.6 Å². The van der Waals surface area contributed by atoms with E-state index in [4.69, 9.17) is 4.74 Å². The van der Waals surface area contributed by atoms with Crippen LogP contribution in [0.1, 0.15) is 45.2 Å². The van der Waals surface area contributed by atoms with E-state index in [1.165, 1.54) is 16.2 Å². The Morgan fingerprint density at radius 2 is 1.83 bits per heavy atom. The van der Waals surface area contributed by atoms with E-state index in [1.807, 2.05) is 67.8 Å². The molecule has 2 atom stereocenters. The molecule has 2 heterocycles. The number of anilines is 1. The predicted octanol–water partition coefficient (Wildman–Crippen LogP) is 4.16. The maximum atomic E-state index is 13.7. The Labute approximate surface area is 215 Å². The number of carbonyl (C=O) groups excluding carboxylic acids is 3. The molecule has 2 aromatic carbocycles. The minimum atomic E-state index is -0.916. The number of nitrogens with zero attached hydrogens (tertiary/aromatic N) is 1. The molecule has 0 saturated carbocycles. The van der Waals surface area contributed by atoms with Crippen LogP contribution in [0.15, 0.2) is 66.0 Å². The van der Waals surface area contributed by atoms with Gasteiger partial charge < -0.3 is 15.4 Å². The summed E-state index contributed by atoms with van der Waals surface area (Å²) in [6.45, 7) is 4.79. The monoisotopic (exact) mass is 505 g/mol. The summed E-state index contributed by atoms with van der Waals surface area (Å²) in [5.74, 6) is -1.00. The number of rotatable bonds is 9. The standard InChI is InChI=1S/C28H31N3O4S/c1-19-12-13-22(16-20(19)2)31(25(32)18-30-27(33)24-11-7-15-36-24)26(21-8-4-3-5-9-21)28(34)29-17-23-10-6-14-35-23/h3-5,7-9,11-13,15-16,23,26H,6,10,14,17-18H2,1-2H3,(H,29,34)(H,30,33)/t23-,26-/m0/s1. The van der Waals surface area contributed by atoms with E-state index in [0.717, 1.165) is 24.0 Å². The SMILES string of the molecule is Cc1ccc(N(C(=O)CNC(=O)c2cccs2)[C@H](C(=O)NC[C@@H]2CCCO2)c2ccccc2)cc1C. The number of amides is 3. The average Bonchev–Trinajstić information content (AvgIpc) is 3.61. The molecule has 1 aliphatic heterocycles. The molecule has 36 heavy (non-hydrogen) atoms. The molecule has 1 aromatic heterocycles. The lowest BCUT2D eigenvalue weighted by Crippen LogP contribution is -2.48. The van der Waals surface area contributed by atoms with Gasteiger partial charge in [-0.05, 0) is 67.0 Å². The predicted molar refractivity (Wildman–Crippen MR) is 141 cm³/mol. The zero-order valence-corrected chi connectivity index (χ0v) is 21.3. The van der Waals surface area contributed by atoms with Gasteiger partial charge in [-0.1, -0.05) is 42.5 Å². The van der Waals surface area contributed by atoms with Crippen molar-refractivity contribution in [2.45, 2.75) is 38.8 Å². The Hall–Kier alpha value is -3.49. The summed E-state index contributed by atoms with van der Waals surface area (Å²) < 4.78 is 5.67. The van der Waals surface area contributed by atoms with Crippen molar-refractivity contribution in [3.8, 4) is 0 Å². The van der Waals surface area contributed by atoms with E-state index in [-0.39, 0.29) is 30.4 Å². The van der Waals surface area contributed by atoms with Gasteiger partial charge in [0.2, 0.25) is 11.8 Å². The second-order valence-corrected chi connectivity index (χ2v) is 9.83. The van der Waals surface area contributed by atoms with Gasteiger partial charge in [-0.3, -0.25) is 19.3 Å². The number of benzene rings is 2. The maximum absolute atomic E-state index is 13.7. The number of thiophene rings is 1. The minimum absolute atomic E-state index is 0.0266. The largest absolute Gasteiger partial charge is 0.376 e. The van der Waals surface area contributed by atoms with Gasteiger partial charge in [0.1, 0.15) is 6.04 Å². The van der Waals surface area contributed by atoms with Crippen molar-refractivity contribution < 1.29 is 19.1 Å². The van der Waals surface area contributed by atoms with Crippen LogP contribution in [-0.2, 0) is 14.3 Å². The summed E-state index contributed by atoms with van der Waals surface area (Å²) in [7, 11) is 0. The number of aryl methyl sites for hydroxylation is 2. The van der Waals surface area contributed by atoms with Crippen molar-refractivity contribution in [3.63, 3.8) is 0 Å². The fraction of sp³-hybridized carbons (Fsp3) is 0.321. The summed E-state index contributed by atoms with van der Waals surface area (Å²) in [6.07, 6.45) is 1.84. The highest BCUT2D eigenvalue weighted by molar-refractivity contribution is 7.12. The molecule has 0 unspecified atom stereocenters. The van der Waals surface area contributed by atoms with Gasteiger partial charge in [0.05, 0.1) is 17.5 Å². The van der Waals surface area contributed by atoms with E-state index >= 15 is 0 Å². The van der Waals surface area contributed by atoms with Crippen molar-refractivity contribution in [3.05, 3.63) is 87.6 Å². The van der Waals surface area contributed by atoms with Crippen molar-refractivity contribution >= 4 is 34.7 Å². The molecule has 188 valence electrons. The number of hydrogen-bond acceptors (Lipinski definition) is 5. The Bertz CT molecular complexity index is 1190. The van der Waals surface area contributed by atoms with Gasteiger partial charge in [-0.2, -0.15) is 0 Å². The van der Waals surface area contributed by atoms with Crippen LogP contribution in [0.25, 0.3) is 0 Å². The molecular formula is C28H31N3O4S. The molecule has 1 fully saturated rings. The van der Waals surface area contributed by atoms with E-state index in [9.17, 15) is 14.4 Å². The summed E-state index contributed by atoms with van der Waals surface area (Å²) in [4.78, 5) is 41.9. The summed E-state index contributed by atoms with van der Waals surface area (Å²) in [5.41, 5.74) is 3.35. The molecule has 0 radical (unpaired) electrons. The van der Waals surface area contributed by atoms with Crippen LogP contribution < -0.4 is 15.5 Å². The molecule has 1 aliphatic rings. The maximum Gasteiger partial charge on any atom is 0.261 e. The number of ether oxygens (including phenoxy) is 1. The first kappa shape index (κ1) is 25.6. The fourth-order valence-electron chi connectivity index (χ4n) is 4.22. The summed E-state index contributed by atoms with van der Waals surface area (Å²) >= 11 is 1.30. The average molecular weight is 506 g/mol. The van der Waals surface area contributed by atoms with Crippen LogP contribution in [0.5, 0.6) is 0 Å². The van der Waals surface area contributed by atoms with Crippen LogP contribution in [-0.4, -0.2) is 43.5 Å². The minimum Gasteiger partial charge on any atom is -0.376 e. The molecule has 1 saturated heterocycles. The zero-order valence-electron chi connectivity index (χ0n) is 20.5.